The number of ether oxygens (including phenoxy) is 1. The lowest BCUT2D eigenvalue weighted by molar-refractivity contribution is 0.317. The van der Waals surface area contributed by atoms with Gasteiger partial charge in [0.15, 0.2) is 0 Å². The molecule has 0 saturated carbocycles. The first-order valence-electron chi connectivity index (χ1n) is 6.08. The van der Waals surface area contributed by atoms with Crippen LogP contribution in [0, 0.1) is 0 Å². The highest BCUT2D eigenvalue weighted by Gasteiger charge is 2.03. The van der Waals surface area contributed by atoms with Crippen molar-refractivity contribution in [3.05, 3.63) is 44.0 Å². The molecule has 0 radical (unpaired) electrons. The van der Waals surface area contributed by atoms with E-state index in [1.165, 1.54) is 4.88 Å². The van der Waals surface area contributed by atoms with Gasteiger partial charge >= 0.3 is 0 Å². The highest BCUT2D eigenvalue weighted by Crippen LogP contribution is 2.28. The Morgan fingerprint density at radius 1 is 1.37 bits per heavy atom. The maximum atomic E-state index is 6.18. The summed E-state index contributed by atoms with van der Waals surface area (Å²) in [4.78, 5) is 1.27. The lowest BCUT2D eigenvalue weighted by Crippen LogP contribution is -1.99. The molecule has 0 bridgehead atoms. The molecular formula is C14H15BrClNOS. The molecule has 0 aliphatic heterocycles. The summed E-state index contributed by atoms with van der Waals surface area (Å²) in [5.41, 5.74) is 0.998. The van der Waals surface area contributed by atoms with E-state index in [1.807, 2.05) is 18.2 Å². The van der Waals surface area contributed by atoms with Gasteiger partial charge in [0.25, 0.3) is 0 Å². The van der Waals surface area contributed by atoms with Gasteiger partial charge in [-0.25, -0.2) is 0 Å². The van der Waals surface area contributed by atoms with Crippen LogP contribution in [-0.4, -0.2) is 6.61 Å². The van der Waals surface area contributed by atoms with Crippen molar-refractivity contribution in [3.63, 3.8) is 0 Å². The van der Waals surface area contributed by atoms with Crippen molar-refractivity contribution in [1.82, 2.24) is 0 Å². The fourth-order valence-corrected chi connectivity index (χ4v) is 3.20. The number of rotatable bonds is 6. The minimum atomic E-state index is 0.644. The summed E-state index contributed by atoms with van der Waals surface area (Å²) in [7, 11) is 0. The highest BCUT2D eigenvalue weighted by atomic mass is 79.9. The Morgan fingerprint density at radius 2 is 2.21 bits per heavy atom. The van der Waals surface area contributed by atoms with Gasteiger partial charge in [0.1, 0.15) is 5.75 Å². The molecule has 1 aromatic carbocycles. The molecule has 0 amide bonds. The van der Waals surface area contributed by atoms with Crippen LogP contribution in [-0.2, 0) is 6.54 Å². The van der Waals surface area contributed by atoms with Crippen molar-refractivity contribution in [2.75, 3.05) is 11.9 Å². The molecule has 102 valence electrons. The number of hydrogen-bond acceptors (Lipinski definition) is 3. The topological polar surface area (TPSA) is 21.3 Å². The van der Waals surface area contributed by atoms with Gasteiger partial charge in [-0.1, -0.05) is 18.5 Å². The first-order chi connectivity index (χ1) is 9.19. The van der Waals surface area contributed by atoms with E-state index < -0.39 is 0 Å². The summed E-state index contributed by atoms with van der Waals surface area (Å²) < 4.78 is 6.66. The number of thiophene rings is 1. The minimum Gasteiger partial charge on any atom is -0.492 e. The Morgan fingerprint density at radius 3 is 2.84 bits per heavy atom. The van der Waals surface area contributed by atoms with Gasteiger partial charge in [-0.2, -0.15) is 0 Å². The largest absolute Gasteiger partial charge is 0.492 e. The lowest BCUT2D eigenvalue weighted by Gasteiger charge is -2.10. The summed E-state index contributed by atoms with van der Waals surface area (Å²) in [6.07, 6.45) is 0.976. The summed E-state index contributed by atoms with van der Waals surface area (Å²) in [5, 5.41) is 6.07. The van der Waals surface area contributed by atoms with Crippen LogP contribution in [0.3, 0.4) is 0 Å². The number of benzene rings is 1. The van der Waals surface area contributed by atoms with Crippen molar-refractivity contribution in [2.45, 2.75) is 19.9 Å². The van der Waals surface area contributed by atoms with Crippen molar-refractivity contribution in [3.8, 4) is 5.75 Å². The summed E-state index contributed by atoms with van der Waals surface area (Å²) in [5.74, 6) is 0.743. The summed E-state index contributed by atoms with van der Waals surface area (Å²) in [6, 6.07) is 7.90. The smallest absolute Gasteiger partial charge is 0.138 e. The third kappa shape index (κ3) is 4.41. The molecular weight excluding hydrogens is 346 g/mol. The fraction of sp³-hybridized carbons (Fsp3) is 0.286. The number of nitrogens with one attached hydrogen (secondary N) is 1. The van der Waals surface area contributed by atoms with Crippen LogP contribution in [0.15, 0.2) is 34.1 Å². The minimum absolute atomic E-state index is 0.644. The molecule has 0 spiro atoms. The highest BCUT2D eigenvalue weighted by molar-refractivity contribution is 9.10. The quantitative estimate of drug-likeness (QED) is 0.727. The second kappa shape index (κ2) is 7.17. The van der Waals surface area contributed by atoms with Crippen LogP contribution in [0.5, 0.6) is 5.75 Å². The maximum absolute atomic E-state index is 6.18. The van der Waals surface area contributed by atoms with Crippen molar-refractivity contribution < 1.29 is 4.74 Å². The van der Waals surface area contributed by atoms with Crippen molar-refractivity contribution in [1.29, 1.82) is 0 Å². The van der Waals surface area contributed by atoms with Gasteiger partial charge in [-0.3, -0.25) is 0 Å². The molecule has 0 aliphatic rings. The Labute approximate surface area is 130 Å². The Hall–Kier alpha value is -0.710. The zero-order valence-electron chi connectivity index (χ0n) is 10.6. The molecule has 1 N–H and O–H groups in total. The van der Waals surface area contributed by atoms with Gasteiger partial charge in [0.05, 0.1) is 11.6 Å². The first-order valence-corrected chi connectivity index (χ1v) is 8.13. The monoisotopic (exact) mass is 359 g/mol. The van der Waals surface area contributed by atoms with E-state index in [-0.39, 0.29) is 0 Å². The van der Waals surface area contributed by atoms with E-state index in [9.17, 15) is 0 Å². The molecule has 2 nitrogen and oxygen atoms in total. The van der Waals surface area contributed by atoms with E-state index in [0.29, 0.717) is 11.6 Å². The molecule has 2 rings (SSSR count). The predicted molar refractivity (Wildman–Crippen MR) is 86.6 cm³/mol. The molecule has 1 heterocycles. The Balaban J connectivity index is 1.95. The molecule has 5 heteroatoms. The van der Waals surface area contributed by atoms with Gasteiger partial charge in [0, 0.05) is 27.0 Å². The summed E-state index contributed by atoms with van der Waals surface area (Å²) in [6.45, 7) is 3.56. The van der Waals surface area contributed by atoms with Crippen LogP contribution >= 0.6 is 38.9 Å². The van der Waals surface area contributed by atoms with Gasteiger partial charge in [-0.15, -0.1) is 11.3 Å². The van der Waals surface area contributed by atoms with E-state index in [1.54, 1.807) is 11.3 Å². The number of anilines is 1. The number of halogens is 2. The zero-order valence-corrected chi connectivity index (χ0v) is 13.7. The zero-order chi connectivity index (χ0) is 13.7. The van der Waals surface area contributed by atoms with E-state index in [4.69, 9.17) is 16.3 Å². The van der Waals surface area contributed by atoms with Crippen LogP contribution in [0.4, 0.5) is 5.69 Å². The van der Waals surface area contributed by atoms with Crippen molar-refractivity contribution >= 4 is 44.6 Å². The standard InChI is InChI=1S/C14H15BrClNOS/c1-2-5-18-14-4-3-11(7-13(14)16)17-8-12-6-10(15)9-19-12/h3-4,6-7,9,17H,2,5,8H2,1H3. The lowest BCUT2D eigenvalue weighted by atomic mass is 10.3. The van der Waals surface area contributed by atoms with Crippen LogP contribution in [0.2, 0.25) is 5.02 Å². The van der Waals surface area contributed by atoms with Crippen LogP contribution in [0.1, 0.15) is 18.2 Å². The normalized spacial score (nSPS) is 10.5. The van der Waals surface area contributed by atoms with Crippen LogP contribution in [0.25, 0.3) is 0 Å². The second-order valence-electron chi connectivity index (χ2n) is 4.08. The fourth-order valence-electron chi connectivity index (χ4n) is 1.58. The van der Waals surface area contributed by atoms with Gasteiger partial charge in [-0.05, 0) is 46.6 Å². The molecule has 0 saturated heterocycles. The number of hydrogen-bond donors (Lipinski definition) is 1. The molecule has 19 heavy (non-hydrogen) atoms. The third-order valence-corrected chi connectivity index (χ3v) is 4.48. The van der Waals surface area contributed by atoms with E-state index in [2.05, 4.69) is 39.6 Å². The van der Waals surface area contributed by atoms with Gasteiger partial charge in [0.2, 0.25) is 0 Å². The Bertz CT molecular complexity index is 544. The van der Waals surface area contributed by atoms with Crippen molar-refractivity contribution in [2.24, 2.45) is 0 Å². The van der Waals surface area contributed by atoms with Gasteiger partial charge < -0.3 is 10.1 Å². The second-order valence-corrected chi connectivity index (χ2v) is 6.40. The van der Waals surface area contributed by atoms with E-state index >= 15 is 0 Å². The predicted octanol–water partition coefficient (Wildman–Crippen LogP) is 5.56. The molecule has 0 aliphatic carbocycles. The summed E-state index contributed by atoms with van der Waals surface area (Å²) >= 11 is 11.3. The third-order valence-electron chi connectivity index (χ3n) is 2.48. The average Bonchev–Trinajstić information content (AvgIpc) is 2.81. The average molecular weight is 361 g/mol. The first kappa shape index (κ1) is 14.7. The van der Waals surface area contributed by atoms with Crippen LogP contribution < -0.4 is 10.1 Å². The molecule has 0 atom stereocenters. The van der Waals surface area contributed by atoms with E-state index in [0.717, 1.165) is 28.9 Å². The SMILES string of the molecule is CCCOc1ccc(NCc2cc(Br)cs2)cc1Cl. The maximum Gasteiger partial charge on any atom is 0.138 e. The molecule has 2 aromatic rings. The molecule has 1 aromatic heterocycles. The molecule has 0 fully saturated rings. The Kier molecular flexibility index (Phi) is 5.55. The molecule has 0 unspecified atom stereocenters.